The van der Waals surface area contributed by atoms with E-state index >= 15 is 0 Å². The summed E-state index contributed by atoms with van der Waals surface area (Å²) >= 11 is 25.7. The van der Waals surface area contributed by atoms with E-state index in [2.05, 4.69) is 38.8 Å². The molecule has 0 radical (unpaired) electrons. The molecule has 88 valence electrons. The van der Waals surface area contributed by atoms with Gasteiger partial charge < -0.3 is 0 Å². The standard InChI is InChI=1S/C10H13Br2Cl3/c1-9(2-3-13)5-10(15,6-11)7(12)4-8(9)14/h2-3,7-8H,4-6H2,1H3/b3-2+/t7-,8-,9-,10-/m0/s1. The topological polar surface area (TPSA) is 0 Å². The molecule has 0 bridgehead atoms. The zero-order valence-electron chi connectivity index (χ0n) is 8.32. The molecule has 0 aliphatic heterocycles. The summed E-state index contributed by atoms with van der Waals surface area (Å²) in [5, 5.41) is 0.801. The summed E-state index contributed by atoms with van der Waals surface area (Å²) in [6, 6.07) is 0. The van der Waals surface area contributed by atoms with Gasteiger partial charge in [-0.15, -0.1) is 23.2 Å². The van der Waals surface area contributed by atoms with Crippen molar-refractivity contribution in [3.05, 3.63) is 11.6 Å². The number of hydrogen-bond acceptors (Lipinski definition) is 0. The molecule has 15 heavy (non-hydrogen) atoms. The van der Waals surface area contributed by atoms with Crippen molar-refractivity contribution in [1.29, 1.82) is 0 Å². The van der Waals surface area contributed by atoms with Crippen LogP contribution < -0.4 is 0 Å². The second-order valence-electron chi connectivity index (χ2n) is 4.31. The lowest BCUT2D eigenvalue weighted by molar-refractivity contribution is 0.261. The van der Waals surface area contributed by atoms with Crippen LogP contribution in [0.1, 0.15) is 19.8 Å². The zero-order chi connectivity index (χ0) is 11.7. The zero-order valence-corrected chi connectivity index (χ0v) is 13.8. The Morgan fingerprint density at radius 2 is 2.13 bits per heavy atom. The lowest BCUT2D eigenvalue weighted by Crippen LogP contribution is -2.49. The van der Waals surface area contributed by atoms with Crippen molar-refractivity contribution in [2.45, 2.75) is 34.8 Å². The summed E-state index contributed by atoms with van der Waals surface area (Å²) in [7, 11) is 0. The summed E-state index contributed by atoms with van der Waals surface area (Å²) in [4.78, 5) is -0.0679. The molecule has 0 aromatic rings. The quantitative estimate of drug-likeness (QED) is 0.554. The number of rotatable bonds is 2. The molecule has 0 spiro atoms. The van der Waals surface area contributed by atoms with Crippen LogP contribution in [0.25, 0.3) is 0 Å². The van der Waals surface area contributed by atoms with Crippen molar-refractivity contribution >= 4 is 66.7 Å². The van der Waals surface area contributed by atoms with Gasteiger partial charge in [0.25, 0.3) is 0 Å². The minimum atomic E-state index is -0.295. The van der Waals surface area contributed by atoms with E-state index in [9.17, 15) is 0 Å². The van der Waals surface area contributed by atoms with Crippen LogP contribution in [0, 0.1) is 5.41 Å². The van der Waals surface area contributed by atoms with Crippen LogP contribution in [0.3, 0.4) is 0 Å². The van der Waals surface area contributed by atoms with Gasteiger partial charge in [0.2, 0.25) is 0 Å². The van der Waals surface area contributed by atoms with Gasteiger partial charge in [0.05, 0.1) is 4.87 Å². The van der Waals surface area contributed by atoms with Crippen molar-refractivity contribution in [2.75, 3.05) is 5.33 Å². The number of allylic oxidation sites excluding steroid dienone is 1. The van der Waals surface area contributed by atoms with Crippen molar-refractivity contribution in [2.24, 2.45) is 5.41 Å². The van der Waals surface area contributed by atoms with Gasteiger partial charge in [-0.25, -0.2) is 0 Å². The summed E-state index contributed by atoms with van der Waals surface area (Å²) in [6.07, 6.45) is 3.60. The summed E-state index contributed by atoms with van der Waals surface area (Å²) in [5.74, 6) is 0. The van der Waals surface area contributed by atoms with Crippen LogP contribution in [0.15, 0.2) is 11.6 Å². The predicted octanol–water partition coefficient (Wildman–Crippen LogP) is 5.28. The van der Waals surface area contributed by atoms with Crippen molar-refractivity contribution < 1.29 is 0 Å². The first-order chi connectivity index (χ1) is 6.88. The Bertz CT molecular complexity index is 259. The third kappa shape index (κ3) is 3.07. The molecule has 5 heteroatoms. The molecule has 0 aromatic heterocycles. The maximum atomic E-state index is 6.57. The fourth-order valence-corrected chi connectivity index (χ4v) is 4.88. The van der Waals surface area contributed by atoms with Gasteiger partial charge in [-0.2, -0.15) is 0 Å². The minimum Gasteiger partial charge on any atom is -0.122 e. The molecule has 1 rings (SSSR count). The molecule has 0 saturated heterocycles. The van der Waals surface area contributed by atoms with E-state index < -0.39 is 0 Å². The monoisotopic (exact) mass is 396 g/mol. The first-order valence-electron chi connectivity index (χ1n) is 4.69. The van der Waals surface area contributed by atoms with Crippen LogP contribution >= 0.6 is 66.7 Å². The Kier molecular flexibility index (Phi) is 5.34. The molecule has 0 amide bonds. The van der Waals surface area contributed by atoms with Crippen LogP contribution in [0.4, 0.5) is 0 Å². The number of hydrogen-bond donors (Lipinski definition) is 0. The number of alkyl halides is 4. The lowest BCUT2D eigenvalue weighted by Gasteiger charge is -2.46. The van der Waals surface area contributed by atoms with Gasteiger partial charge in [-0.05, 0) is 12.8 Å². The summed E-state index contributed by atoms with van der Waals surface area (Å²) in [6.45, 7) is 2.10. The van der Waals surface area contributed by atoms with E-state index in [0.29, 0.717) is 0 Å². The fourth-order valence-electron chi connectivity index (χ4n) is 1.96. The SMILES string of the molecule is C[C@]1(/C=C/Cl)C[C@](Cl)(CBr)[C@@H](Br)C[C@@H]1Cl. The molecule has 4 atom stereocenters. The van der Waals surface area contributed by atoms with Crippen molar-refractivity contribution in [3.63, 3.8) is 0 Å². The van der Waals surface area contributed by atoms with E-state index in [1.165, 1.54) is 5.54 Å². The molecular formula is C10H13Br2Cl3. The highest BCUT2D eigenvalue weighted by Gasteiger charge is 2.49. The Morgan fingerprint density at radius 1 is 1.53 bits per heavy atom. The van der Waals surface area contributed by atoms with Crippen LogP contribution in [-0.2, 0) is 0 Å². The Labute approximate surface area is 123 Å². The van der Waals surface area contributed by atoms with Crippen LogP contribution in [-0.4, -0.2) is 20.4 Å². The molecule has 0 aromatic carbocycles. The highest BCUT2D eigenvalue weighted by atomic mass is 79.9. The molecule has 0 unspecified atom stereocenters. The van der Waals surface area contributed by atoms with Crippen LogP contribution in [0.2, 0.25) is 0 Å². The van der Waals surface area contributed by atoms with Gasteiger partial charge >= 0.3 is 0 Å². The first kappa shape index (κ1) is 14.6. The predicted molar refractivity (Wildman–Crippen MR) is 77.1 cm³/mol. The minimum absolute atomic E-state index is 0.0581. The maximum Gasteiger partial charge on any atom is 0.0676 e. The van der Waals surface area contributed by atoms with Gasteiger partial charge in [0, 0.05) is 26.5 Å². The molecule has 0 heterocycles. The van der Waals surface area contributed by atoms with Gasteiger partial charge in [-0.3, -0.25) is 0 Å². The smallest absolute Gasteiger partial charge is 0.0676 e. The van der Waals surface area contributed by atoms with Crippen molar-refractivity contribution in [3.8, 4) is 0 Å². The maximum absolute atomic E-state index is 6.57. The Hall–Kier alpha value is 1.57. The van der Waals surface area contributed by atoms with Crippen LogP contribution in [0.5, 0.6) is 0 Å². The molecule has 1 saturated carbocycles. The Balaban J connectivity index is 2.94. The molecule has 0 N–H and O–H groups in total. The van der Waals surface area contributed by atoms with E-state index in [0.717, 1.165) is 18.2 Å². The molecule has 1 aliphatic carbocycles. The van der Waals surface area contributed by atoms with E-state index in [1.807, 2.05) is 6.08 Å². The third-order valence-corrected chi connectivity index (χ3v) is 7.20. The summed E-state index contributed by atoms with van der Waals surface area (Å²) < 4.78 is 0. The van der Waals surface area contributed by atoms with E-state index in [1.54, 1.807) is 0 Å². The second-order valence-corrected chi connectivity index (χ2v) is 7.51. The Morgan fingerprint density at radius 3 is 2.60 bits per heavy atom. The molecule has 0 nitrogen and oxygen atoms in total. The lowest BCUT2D eigenvalue weighted by atomic mass is 9.70. The van der Waals surface area contributed by atoms with Crippen molar-refractivity contribution in [1.82, 2.24) is 0 Å². The highest BCUT2D eigenvalue weighted by molar-refractivity contribution is 9.10. The normalized spacial score (nSPS) is 47.3. The van der Waals surface area contributed by atoms with Gasteiger partial charge in [0.15, 0.2) is 0 Å². The van der Waals surface area contributed by atoms with Gasteiger partial charge in [-0.1, -0.05) is 56.5 Å². The molecule has 1 aliphatic rings. The number of halogens is 5. The first-order valence-corrected chi connectivity index (χ1v) is 7.98. The van der Waals surface area contributed by atoms with E-state index in [4.69, 9.17) is 34.8 Å². The van der Waals surface area contributed by atoms with Gasteiger partial charge in [0.1, 0.15) is 0 Å². The average molecular weight is 399 g/mol. The molecular weight excluding hydrogens is 386 g/mol. The largest absolute Gasteiger partial charge is 0.122 e. The highest BCUT2D eigenvalue weighted by Crippen LogP contribution is 2.51. The average Bonchev–Trinajstić information content (AvgIpc) is 2.15. The summed E-state index contributed by atoms with van der Waals surface area (Å²) in [5.41, 5.74) is 1.40. The molecule has 1 fully saturated rings. The van der Waals surface area contributed by atoms with E-state index in [-0.39, 0.29) is 20.5 Å². The third-order valence-electron chi connectivity index (χ3n) is 3.03. The second kappa shape index (κ2) is 5.48. The fraction of sp³-hybridized carbons (Fsp3) is 0.800.